The molecule has 2 aromatic carbocycles. The Balaban J connectivity index is 1.34. The number of aromatic hydroxyl groups is 1. The summed E-state index contributed by atoms with van der Waals surface area (Å²) in [7, 11) is 0. The summed E-state index contributed by atoms with van der Waals surface area (Å²) in [5.41, 5.74) is 4.80. The molecule has 0 amide bonds. The van der Waals surface area contributed by atoms with E-state index < -0.39 is 0 Å². The molecule has 2 heterocycles. The van der Waals surface area contributed by atoms with Crippen molar-refractivity contribution in [3.8, 4) is 17.2 Å². The Morgan fingerprint density at radius 2 is 1.61 bits per heavy atom. The first-order chi connectivity index (χ1) is 13.5. The van der Waals surface area contributed by atoms with Gasteiger partial charge in [-0.25, -0.2) is 0 Å². The maximum Gasteiger partial charge on any atom is 0.231 e. The molecule has 0 atom stereocenters. The summed E-state index contributed by atoms with van der Waals surface area (Å²) >= 11 is 0. The lowest BCUT2D eigenvalue weighted by Crippen LogP contribution is -2.45. The van der Waals surface area contributed by atoms with E-state index >= 15 is 0 Å². The number of aryl methyl sites for hydroxylation is 1. The largest absolute Gasteiger partial charge is 0.508 e. The van der Waals surface area contributed by atoms with Crippen molar-refractivity contribution >= 4 is 0 Å². The minimum atomic E-state index is 0.321. The number of ether oxygens (including phenoxy) is 2. The van der Waals surface area contributed by atoms with Crippen LogP contribution in [0.15, 0.2) is 30.3 Å². The second-order valence-corrected chi connectivity index (χ2v) is 8.23. The Hall–Kier alpha value is -2.24. The zero-order valence-corrected chi connectivity index (χ0v) is 17.1. The van der Waals surface area contributed by atoms with Gasteiger partial charge in [0.15, 0.2) is 11.5 Å². The quantitative estimate of drug-likeness (QED) is 0.851. The highest BCUT2D eigenvalue weighted by Gasteiger charge is 2.20. The van der Waals surface area contributed by atoms with E-state index in [1.165, 1.54) is 16.7 Å². The second kappa shape index (κ2) is 8.02. The lowest BCUT2D eigenvalue weighted by Gasteiger charge is -2.35. The molecular formula is C23H30N2O3. The van der Waals surface area contributed by atoms with E-state index in [0.717, 1.165) is 56.3 Å². The van der Waals surface area contributed by atoms with Crippen molar-refractivity contribution in [1.82, 2.24) is 9.80 Å². The van der Waals surface area contributed by atoms with Crippen LogP contribution < -0.4 is 9.47 Å². The Bertz CT molecular complexity index is 842. The zero-order chi connectivity index (χ0) is 19.7. The van der Waals surface area contributed by atoms with Crippen LogP contribution >= 0.6 is 0 Å². The molecule has 28 heavy (non-hydrogen) atoms. The van der Waals surface area contributed by atoms with Gasteiger partial charge in [-0.05, 0) is 47.7 Å². The van der Waals surface area contributed by atoms with Crippen LogP contribution in [-0.2, 0) is 13.1 Å². The van der Waals surface area contributed by atoms with Gasteiger partial charge in [0, 0.05) is 44.8 Å². The Labute approximate surface area is 167 Å². The van der Waals surface area contributed by atoms with Crippen LogP contribution in [0, 0.1) is 6.92 Å². The van der Waals surface area contributed by atoms with E-state index in [2.05, 4.69) is 48.8 Å². The molecule has 2 aromatic rings. The van der Waals surface area contributed by atoms with Gasteiger partial charge in [-0.15, -0.1) is 0 Å². The average Bonchev–Trinajstić information content (AvgIpc) is 3.13. The van der Waals surface area contributed by atoms with Gasteiger partial charge >= 0.3 is 0 Å². The number of phenols is 1. The molecule has 1 N–H and O–H groups in total. The zero-order valence-electron chi connectivity index (χ0n) is 17.1. The van der Waals surface area contributed by atoms with E-state index in [1.807, 2.05) is 12.1 Å². The summed E-state index contributed by atoms with van der Waals surface area (Å²) in [6.45, 7) is 12.6. The molecule has 0 aliphatic carbocycles. The fourth-order valence-corrected chi connectivity index (χ4v) is 4.15. The van der Waals surface area contributed by atoms with Crippen molar-refractivity contribution in [2.24, 2.45) is 0 Å². The van der Waals surface area contributed by atoms with Crippen LogP contribution in [-0.4, -0.2) is 47.9 Å². The van der Waals surface area contributed by atoms with E-state index in [9.17, 15) is 5.11 Å². The molecule has 1 saturated heterocycles. The number of hydrogen-bond donors (Lipinski definition) is 1. The molecule has 0 saturated carbocycles. The smallest absolute Gasteiger partial charge is 0.231 e. The van der Waals surface area contributed by atoms with Crippen LogP contribution in [0.3, 0.4) is 0 Å². The first-order valence-corrected chi connectivity index (χ1v) is 10.1. The van der Waals surface area contributed by atoms with Gasteiger partial charge in [0.05, 0.1) is 0 Å². The maximum atomic E-state index is 10.4. The van der Waals surface area contributed by atoms with Crippen LogP contribution in [0.25, 0.3) is 0 Å². The SMILES string of the molecule is Cc1cc(O)c(CN2CCN(Cc3ccc4c(c3)OCO4)CC2)cc1C(C)C. The highest BCUT2D eigenvalue weighted by Crippen LogP contribution is 2.33. The van der Waals surface area contributed by atoms with E-state index in [1.54, 1.807) is 0 Å². The van der Waals surface area contributed by atoms with Crippen molar-refractivity contribution in [2.45, 2.75) is 39.8 Å². The molecule has 1 fully saturated rings. The number of nitrogens with zero attached hydrogens (tertiary/aromatic N) is 2. The topological polar surface area (TPSA) is 45.2 Å². The van der Waals surface area contributed by atoms with Crippen LogP contribution in [0.5, 0.6) is 17.2 Å². The molecule has 0 aromatic heterocycles. The predicted octanol–water partition coefficient (Wildman–Crippen LogP) is 3.87. The van der Waals surface area contributed by atoms with Gasteiger partial charge in [-0.1, -0.05) is 26.0 Å². The summed E-state index contributed by atoms with van der Waals surface area (Å²) in [6.07, 6.45) is 0. The molecular weight excluding hydrogens is 352 g/mol. The van der Waals surface area contributed by atoms with Crippen LogP contribution in [0.1, 0.15) is 42.0 Å². The molecule has 0 unspecified atom stereocenters. The van der Waals surface area contributed by atoms with E-state index in [4.69, 9.17) is 9.47 Å². The first-order valence-electron chi connectivity index (χ1n) is 10.1. The maximum absolute atomic E-state index is 10.4. The van der Waals surface area contributed by atoms with Crippen LogP contribution in [0.4, 0.5) is 0 Å². The lowest BCUT2D eigenvalue weighted by atomic mass is 9.95. The van der Waals surface area contributed by atoms with Crippen molar-refractivity contribution < 1.29 is 14.6 Å². The minimum Gasteiger partial charge on any atom is -0.508 e. The predicted molar refractivity (Wildman–Crippen MR) is 110 cm³/mol. The number of fused-ring (bicyclic) bond motifs is 1. The molecule has 0 spiro atoms. The summed E-state index contributed by atoms with van der Waals surface area (Å²) in [4.78, 5) is 4.91. The molecule has 5 nitrogen and oxygen atoms in total. The van der Waals surface area contributed by atoms with Gasteiger partial charge in [0.25, 0.3) is 0 Å². The summed E-state index contributed by atoms with van der Waals surface area (Å²) < 4.78 is 10.9. The standard InChI is InChI=1S/C23H30N2O3/c1-16(2)20-12-19(21(26)10-17(20)3)14-25-8-6-24(7-9-25)13-18-4-5-22-23(11-18)28-15-27-22/h4-5,10-12,16,26H,6-9,13-15H2,1-3H3. The minimum absolute atomic E-state index is 0.321. The Morgan fingerprint density at radius 1 is 0.929 bits per heavy atom. The van der Waals surface area contributed by atoms with Crippen molar-refractivity contribution in [3.63, 3.8) is 0 Å². The molecule has 2 aliphatic rings. The van der Waals surface area contributed by atoms with Crippen LogP contribution in [0.2, 0.25) is 0 Å². The highest BCUT2D eigenvalue weighted by molar-refractivity contribution is 5.44. The van der Waals surface area contributed by atoms with Crippen molar-refractivity contribution in [3.05, 3.63) is 52.6 Å². The third-order valence-corrected chi connectivity index (χ3v) is 5.79. The molecule has 0 radical (unpaired) electrons. The first kappa shape index (κ1) is 19.1. The number of piperazine rings is 1. The number of phenolic OH excluding ortho intramolecular Hbond substituents is 1. The average molecular weight is 383 g/mol. The van der Waals surface area contributed by atoms with Gasteiger partial charge in [0.1, 0.15) is 5.75 Å². The monoisotopic (exact) mass is 382 g/mol. The molecule has 150 valence electrons. The fourth-order valence-electron chi connectivity index (χ4n) is 4.15. The number of rotatable bonds is 5. The second-order valence-electron chi connectivity index (χ2n) is 8.23. The van der Waals surface area contributed by atoms with Crippen molar-refractivity contribution in [1.29, 1.82) is 0 Å². The molecule has 4 rings (SSSR count). The Kier molecular flexibility index (Phi) is 5.47. The third kappa shape index (κ3) is 4.10. The highest BCUT2D eigenvalue weighted by atomic mass is 16.7. The van der Waals surface area contributed by atoms with E-state index in [-0.39, 0.29) is 0 Å². The summed E-state index contributed by atoms with van der Waals surface area (Å²) in [6, 6.07) is 10.3. The molecule has 5 heteroatoms. The van der Waals surface area contributed by atoms with Gasteiger partial charge in [0.2, 0.25) is 6.79 Å². The lowest BCUT2D eigenvalue weighted by molar-refractivity contribution is 0.121. The number of hydrogen-bond acceptors (Lipinski definition) is 5. The summed E-state index contributed by atoms with van der Waals surface area (Å²) in [5, 5.41) is 10.4. The van der Waals surface area contributed by atoms with Crippen molar-refractivity contribution in [2.75, 3.05) is 33.0 Å². The molecule has 0 bridgehead atoms. The normalized spacial score (nSPS) is 17.4. The van der Waals surface area contributed by atoms with Gasteiger partial charge in [-0.3, -0.25) is 9.80 Å². The van der Waals surface area contributed by atoms with E-state index in [0.29, 0.717) is 18.5 Å². The van der Waals surface area contributed by atoms with Gasteiger partial charge in [-0.2, -0.15) is 0 Å². The fraction of sp³-hybridized carbons (Fsp3) is 0.478. The van der Waals surface area contributed by atoms with Gasteiger partial charge < -0.3 is 14.6 Å². The number of benzene rings is 2. The molecule has 2 aliphatic heterocycles. The summed E-state index contributed by atoms with van der Waals surface area (Å²) in [5.74, 6) is 2.58. The third-order valence-electron chi connectivity index (χ3n) is 5.79. The Morgan fingerprint density at radius 3 is 2.32 bits per heavy atom.